The molecule has 0 aliphatic carbocycles. The highest BCUT2D eigenvalue weighted by Gasteiger charge is 2.17. The van der Waals surface area contributed by atoms with Crippen LogP contribution in [0.1, 0.15) is 11.1 Å². The summed E-state index contributed by atoms with van der Waals surface area (Å²) in [5.41, 5.74) is 7.23. The second-order valence-electron chi connectivity index (χ2n) is 3.17. The standard InChI is InChI=1S/C9H11BrN2/c1-6-8(10)4-3-7-5-12(2)11-9(6)7/h3-4,11H,5H2,1-2H3. The van der Waals surface area contributed by atoms with Crippen LogP contribution in [0.2, 0.25) is 0 Å². The maximum Gasteiger partial charge on any atom is 0.0576 e. The Labute approximate surface area is 80.7 Å². The molecule has 2 rings (SSSR count). The molecular weight excluding hydrogens is 216 g/mol. The topological polar surface area (TPSA) is 15.3 Å². The minimum absolute atomic E-state index is 0.990. The normalized spacial score (nSPS) is 15.9. The molecule has 12 heavy (non-hydrogen) atoms. The Bertz CT molecular complexity index is 323. The van der Waals surface area contributed by atoms with Gasteiger partial charge in [-0.25, -0.2) is 5.01 Å². The number of fused-ring (bicyclic) bond motifs is 1. The first-order valence-corrected chi connectivity index (χ1v) is 4.73. The summed E-state index contributed by atoms with van der Waals surface area (Å²) < 4.78 is 1.17. The van der Waals surface area contributed by atoms with E-state index < -0.39 is 0 Å². The van der Waals surface area contributed by atoms with Crippen molar-refractivity contribution in [2.24, 2.45) is 0 Å². The highest BCUT2D eigenvalue weighted by atomic mass is 79.9. The van der Waals surface area contributed by atoms with Gasteiger partial charge in [-0.15, -0.1) is 0 Å². The lowest BCUT2D eigenvalue weighted by Gasteiger charge is -2.09. The molecule has 0 saturated carbocycles. The van der Waals surface area contributed by atoms with Crippen molar-refractivity contribution in [1.29, 1.82) is 0 Å². The molecule has 0 saturated heterocycles. The van der Waals surface area contributed by atoms with Crippen molar-refractivity contribution in [1.82, 2.24) is 5.01 Å². The van der Waals surface area contributed by atoms with Crippen molar-refractivity contribution in [3.8, 4) is 0 Å². The monoisotopic (exact) mass is 226 g/mol. The smallest absolute Gasteiger partial charge is 0.0576 e. The molecule has 0 fully saturated rings. The molecule has 0 radical (unpaired) electrons. The number of hydrogen-bond donors (Lipinski definition) is 1. The summed E-state index contributed by atoms with van der Waals surface area (Å²) in [4.78, 5) is 0. The number of hydrazine groups is 1. The van der Waals surface area contributed by atoms with Crippen LogP contribution in [0, 0.1) is 6.92 Å². The van der Waals surface area contributed by atoms with E-state index in [-0.39, 0.29) is 0 Å². The van der Waals surface area contributed by atoms with Gasteiger partial charge in [0.05, 0.1) is 5.69 Å². The molecule has 1 aromatic carbocycles. The first kappa shape index (κ1) is 8.08. The first-order chi connectivity index (χ1) is 5.68. The molecule has 0 amide bonds. The maximum atomic E-state index is 3.51. The van der Waals surface area contributed by atoms with Crippen LogP contribution in [-0.4, -0.2) is 12.1 Å². The largest absolute Gasteiger partial charge is 0.318 e. The van der Waals surface area contributed by atoms with E-state index in [0.29, 0.717) is 0 Å². The zero-order chi connectivity index (χ0) is 8.72. The highest BCUT2D eigenvalue weighted by Crippen LogP contribution is 2.32. The van der Waals surface area contributed by atoms with Gasteiger partial charge < -0.3 is 5.43 Å². The molecule has 1 aliphatic heterocycles. The molecule has 0 unspecified atom stereocenters. The fraction of sp³-hybridized carbons (Fsp3) is 0.333. The van der Waals surface area contributed by atoms with Crippen LogP contribution in [0.5, 0.6) is 0 Å². The quantitative estimate of drug-likeness (QED) is 0.732. The number of nitrogens with one attached hydrogen (secondary N) is 1. The van der Waals surface area contributed by atoms with E-state index in [0.717, 1.165) is 6.54 Å². The molecule has 0 atom stereocenters. The number of benzene rings is 1. The lowest BCUT2D eigenvalue weighted by Crippen LogP contribution is -2.16. The molecule has 0 aromatic heterocycles. The molecule has 1 aromatic rings. The fourth-order valence-electron chi connectivity index (χ4n) is 1.52. The SMILES string of the molecule is Cc1c(Br)ccc2c1NN(C)C2. The van der Waals surface area contributed by atoms with E-state index in [1.807, 2.05) is 7.05 Å². The van der Waals surface area contributed by atoms with Gasteiger partial charge in [0.25, 0.3) is 0 Å². The molecule has 0 bridgehead atoms. The van der Waals surface area contributed by atoms with Crippen LogP contribution in [-0.2, 0) is 6.54 Å². The Hall–Kier alpha value is -0.540. The third kappa shape index (κ3) is 1.13. The molecule has 2 nitrogen and oxygen atoms in total. The number of anilines is 1. The van der Waals surface area contributed by atoms with E-state index in [1.54, 1.807) is 0 Å². The second-order valence-corrected chi connectivity index (χ2v) is 4.03. The molecule has 1 aliphatic rings. The third-order valence-electron chi connectivity index (χ3n) is 2.20. The van der Waals surface area contributed by atoms with Crippen molar-refractivity contribution < 1.29 is 0 Å². The number of nitrogens with zero attached hydrogens (tertiary/aromatic N) is 1. The number of hydrogen-bond acceptors (Lipinski definition) is 2. The van der Waals surface area contributed by atoms with Crippen molar-refractivity contribution in [2.75, 3.05) is 12.5 Å². The van der Waals surface area contributed by atoms with Gasteiger partial charge in [0.1, 0.15) is 0 Å². The highest BCUT2D eigenvalue weighted by molar-refractivity contribution is 9.10. The van der Waals surface area contributed by atoms with Gasteiger partial charge in [0, 0.05) is 18.1 Å². The van der Waals surface area contributed by atoms with Crippen molar-refractivity contribution in [2.45, 2.75) is 13.5 Å². The Kier molecular flexibility index (Phi) is 1.85. The minimum Gasteiger partial charge on any atom is -0.318 e. The summed E-state index contributed by atoms with van der Waals surface area (Å²) in [5, 5.41) is 2.09. The van der Waals surface area contributed by atoms with Gasteiger partial charge in [0.2, 0.25) is 0 Å². The third-order valence-corrected chi connectivity index (χ3v) is 3.05. The van der Waals surface area contributed by atoms with E-state index in [4.69, 9.17) is 0 Å². The van der Waals surface area contributed by atoms with E-state index in [9.17, 15) is 0 Å². The van der Waals surface area contributed by atoms with Gasteiger partial charge in [-0.2, -0.15) is 0 Å². The molecule has 0 spiro atoms. The van der Waals surface area contributed by atoms with Crippen LogP contribution < -0.4 is 5.43 Å². The van der Waals surface area contributed by atoms with E-state index in [1.165, 1.54) is 21.3 Å². The van der Waals surface area contributed by atoms with Crippen molar-refractivity contribution in [3.63, 3.8) is 0 Å². The Morgan fingerprint density at radius 2 is 2.25 bits per heavy atom. The number of rotatable bonds is 0. The van der Waals surface area contributed by atoms with Gasteiger partial charge in [-0.05, 0) is 24.1 Å². The van der Waals surface area contributed by atoms with Crippen molar-refractivity contribution in [3.05, 3.63) is 27.7 Å². The summed E-state index contributed by atoms with van der Waals surface area (Å²) in [5.74, 6) is 0. The fourth-order valence-corrected chi connectivity index (χ4v) is 1.85. The molecular formula is C9H11BrN2. The van der Waals surface area contributed by atoms with Crippen LogP contribution in [0.3, 0.4) is 0 Å². The maximum absolute atomic E-state index is 3.51. The first-order valence-electron chi connectivity index (χ1n) is 3.94. The van der Waals surface area contributed by atoms with Gasteiger partial charge in [-0.3, -0.25) is 0 Å². The Morgan fingerprint density at radius 3 is 3.00 bits per heavy atom. The predicted molar refractivity (Wildman–Crippen MR) is 54.0 cm³/mol. The minimum atomic E-state index is 0.990. The summed E-state index contributed by atoms with van der Waals surface area (Å²) in [6, 6.07) is 4.26. The Balaban J connectivity index is 2.54. The van der Waals surface area contributed by atoms with Crippen LogP contribution >= 0.6 is 15.9 Å². The lowest BCUT2D eigenvalue weighted by atomic mass is 10.1. The van der Waals surface area contributed by atoms with Crippen molar-refractivity contribution >= 4 is 21.6 Å². The predicted octanol–water partition coefficient (Wildman–Crippen LogP) is 2.53. The Morgan fingerprint density at radius 1 is 1.50 bits per heavy atom. The van der Waals surface area contributed by atoms with Gasteiger partial charge >= 0.3 is 0 Å². The van der Waals surface area contributed by atoms with Crippen LogP contribution in [0.25, 0.3) is 0 Å². The average Bonchev–Trinajstić information content (AvgIpc) is 2.39. The second kappa shape index (κ2) is 2.75. The molecule has 3 heteroatoms. The molecule has 1 N–H and O–H groups in total. The lowest BCUT2D eigenvalue weighted by molar-refractivity contribution is 0.422. The number of halogens is 1. The summed E-state index contributed by atoms with van der Waals surface area (Å²) in [7, 11) is 2.05. The van der Waals surface area contributed by atoms with Crippen LogP contribution in [0.15, 0.2) is 16.6 Å². The zero-order valence-corrected chi connectivity index (χ0v) is 8.77. The van der Waals surface area contributed by atoms with E-state index >= 15 is 0 Å². The van der Waals surface area contributed by atoms with E-state index in [2.05, 4.69) is 45.4 Å². The van der Waals surface area contributed by atoms with Crippen LogP contribution in [0.4, 0.5) is 5.69 Å². The molecule has 64 valence electrons. The van der Waals surface area contributed by atoms with Gasteiger partial charge in [0.15, 0.2) is 0 Å². The summed E-state index contributed by atoms with van der Waals surface area (Å²) in [6.07, 6.45) is 0. The zero-order valence-electron chi connectivity index (χ0n) is 7.19. The van der Waals surface area contributed by atoms with Gasteiger partial charge in [-0.1, -0.05) is 22.0 Å². The summed E-state index contributed by atoms with van der Waals surface area (Å²) >= 11 is 3.51. The molecule has 1 heterocycles. The average molecular weight is 227 g/mol. The summed E-state index contributed by atoms with van der Waals surface area (Å²) in [6.45, 7) is 3.11.